The Morgan fingerprint density at radius 3 is 2.68 bits per heavy atom. The topological polar surface area (TPSA) is 76.6 Å². The number of nitrogens with zero attached hydrogens (tertiary/aromatic N) is 4. The van der Waals surface area contributed by atoms with E-state index in [2.05, 4.69) is 9.97 Å². The van der Waals surface area contributed by atoms with Crippen LogP contribution in [-0.2, 0) is 7.05 Å². The molecule has 0 saturated carbocycles. The standard InChI is InChI=1S/C14H11Cl2N5O/c1-7-4-3-5-9(15)10(7)21-11(17)8-6-18-13(16)19-12(8)20(2)14(21)22/h3-6,17H,1-2H3. The molecular formula is C14H11Cl2N5O. The van der Waals surface area contributed by atoms with Crippen LogP contribution in [0.5, 0.6) is 0 Å². The zero-order chi connectivity index (χ0) is 16.0. The summed E-state index contributed by atoms with van der Waals surface area (Å²) in [6, 6.07) is 5.30. The van der Waals surface area contributed by atoms with Gasteiger partial charge in [0.25, 0.3) is 0 Å². The molecule has 22 heavy (non-hydrogen) atoms. The molecule has 1 aromatic carbocycles. The van der Waals surface area contributed by atoms with Crippen LogP contribution in [0.25, 0.3) is 16.7 Å². The van der Waals surface area contributed by atoms with Crippen LogP contribution in [0.2, 0.25) is 10.3 Å². The van der Waals surface area contributed by atoms with E-state index in [1.807, 2.05) is 13.0 Å². The molecule has 0 spiro atoms. The van der Waals surface area contributed by atoms with E-state index in [4.69, 9.17) is 28.6 Å². The molecule has 0 aliphatic heterocycles. The molecule has 0 radical (unpaired) electrons. The Balaban J connectivity index is 2.55. The summed E-state index contributed by atoms with van der Waals surface area (Å²) in [4.78, 5) is 20.6. The molecule has 0 aliphatic carbocycles. The number of halogens is 2. The van der Waals surface area contributed by atoms with Crippen molar-refractivity contribution >= 4 is 34.2 Å². The summed E-state index contributed by atoms with van der Waals surface area (Å²) in [7, 11) is 1.57. The summed E-state index contributed by atoms with van der Waals surface area (Å²) in [6.45, 7) is 1.83. The second kappa shape index (κ2) is 5.23. The number of fused-ring (bicyclic) bond motifs is 1. The lowest BCUT2D eigenvalue weighted by molar-refractivity contribution is 0.744. The third kappa shape index (κ3) is 2.12. The van der Waals surface area contributed by atoms with Crippen molar-refractivity contribution in [1.29, 1.82) is 5.41 Å². The number of hydrogen-bond donors (Lipinski definition) is 1. The molecule has 2 aromatic heterocycles. The minimum absolute atomic E-state index is 0.0218. The van der Waals surface area contributed by atoms with E-state index in [-0.39, 0.29) is 10.8 Å². The van der Waals surface area contributed by atoms with Gasteiger partial charge in [0.1, 0.15) is 5.49 Å². The Kier molecular flexibility index (Phi) is 3.50. The molecule has 3 rings (SSSR count). The molecule has 8 heteroatoms. The Morgan fingerprint density at radius 1 is 1.27 bits per heavy atom. The fraction of sp³-hybridized carbons (Fsp3) is 0.143. The summed E-state index contributed by atoms with van der Waals surface area (Å²) in [5.41, 5.74) is 1.11. The van der Waals surface area contributed by atoms with E-state index in [1.54, 1.807) is 19.2 Å². The average molecular weight is 336 g/mol. The Hall–Kier alpha value is -2.18. The summed E-state index contributed by atoms with van der Waals surface area (Å²) in [5, 5.41) is 9.17. The SMILES string of the molecule is Cc1cccc(Cl)c1-n1c(=N)c2cnc(Cl)nc2n(C)c1=O. The highest BCUT2D eigenvalue weighted by Gasteiger charge is 2.15. The normalized spacial score (nSPS) is 11.1. The quantitative estimate of drug-likeness (QED) is 0.692. The molecule has 112 valence electrons. The molecule has 0 bridgehead atoms. The first-order valence-corrected chi connectivity index (χ1v) is 7.11. The zero-order valence-electron chi connectivity index (χ0n) is 11.8. The van der Waals surface area contributed by atoms with Gasteiger partial charge in [-0.1, -0.05) is 23.7 Å². The number of hydrogen-bond acceptors (Lipinski definition) is 4. The van der Waals surface area contributed by atoms with Crippen LogP contribution in [0.4, 0.5) is 0 Å². The van der Waals surface area contributed by atoms with Gasteiger partial charge in [-0.05, 0) is 30.2 Å². The Morgan fingerprint density at radius 2 is 2.00 bits per heavy atom. The van der Waals surface area contributed by atoms with Crippen molar-refractivity contribution in [3.8, 4) is 5.69 Å². The number of aryl methyl sites for hydroxylation is 2. The molecule has 0 atom stereocenters. The first-order chi connectivity index (χ1) is 10.4. The van der Waals surface area contributed by atoms with Gasteiger partial charge < -0.3 is 0 Å². The lowest BCUT2D eigenvalue weighted by Crippen LogP contribution is -2.39. The van der Waals surface area contributed by atoms with Crippen molar-refractivity contribution < 1.29 is 0 Å². The lowest BCUT2D eigenvalue weighted by atomic mass is 10.2. The van der Waals surface area contributed by atoms with Crippen LogP contribution >= 0.6 is 23.2 Å². The first kappa shape index (κ1) is 14.7. The van der Waals surface area contributed by atoms with Crippen molar-refractivity contribution in [3.63, 3.8) is 0 Å². The molecule has 0 saturated heterocycles. The number of nitrogens with one attached hydrogen (secondary N) is 1. The minimum atomic E-state index is -0.427. The summed E-state index contributed by atoms with van der Waals surface area (Å²) >= 11 is 12.0. The van der Waals surface area contributed by atoms with Crippen LogP contribution < -0.4 is 11.2 Å². The largest absolute Gasteiger partial charge is 0.335 e. The van der Waals surface area contributed by atoms with Crippen molar-refractivity contribution in [3.05, 3.63) is 56.2 Å². The highest BCUT2D eigenvalue weighted by atomic mass is 35.5. The molecular weight excluding hydrogens is 325 g/mol. The second-order valence-electron chi connectivity index (χ2n) is 4.81. The van der Waals surface area contributed by atoms with Gasteiger partial charge in [-0.3, -0.25) is 9.98 Å². The van der Waals surface area contributed by atoms with Gasteiger partial charge in [-0.15, -0.1) is 0 Å². The van der Waals surface area contributed by atoms with Gasteiger partial charge >= 0.3 is 5.69 Å². The molecule has 0 fully saturated rings. The maximum Gasteiger partial charge on any atom is 0.335 e. The Bertz CT molecular complexity index is 1000. The minimum Gasteiger partial charge on any atom is -0.283 e. The maximum absolute atomic E-state index is 12.7. The van der Waals surface area contributed by atoms with Crippen LogP contribution in [0.1, 0.15) is 5.56 Å². The van der Waals surface area contributed by atoms with Crippen molar-refractivity contribution in [2.75, 3.05) is 0 Å². The molecule has 2 heterocycles. The third-order valence-electron chi connectivity index (χ3n) is 3.43. The number of aromatic nitrogens is 4. The van der Waals surface area contributed by atoms with Crippen LogP contribution in [0, 0.1) is 12.3 Å². The number of rotatable bonds is 1. The summed E-state index contributed by atoms with van der Waals surface area (Å²) < 4.78 is 2.57. The smallest absolute Gasteiger partial charge is 0.283 e. The monoisotopic (exact) mass is 335 g/mol. The average Bonchev–Trinajstić information content (AvgIpc) is 2.48. The van der Waals surface area contributed by atoms with Gasteiger partial charge in [0, 0.05) is 13.2 Å². The van der Waals surface area contributed by atoms with Gasteiger partial charge in [0.05, 0.1) is 16.1 Å². The van der Waals surface area contributed by atoms with E-state index in [1.165, 1.54) is 15.3 Å². The Labute approximate surface area is 135 Å². The lowest BCUT2D eigenvalue weighted by Gasteiger charge is -2.14. The fourth-order valence-electron chi connectivity index (χ4n) is 2.35. The van der Waals surface area contributed by atoms with Crippen LogP contribution in [0.15, 0.2) is 29.2 Å². The predicted molar refractivity (Wildman–Crippen MR) is 84.7 cm³/mol. The predicted octanol–water partition coefficient (Wildman–Crippen LogP) is 2.21. The molecule has 1 N–H and O–H groups in total. The second-order valence-corrected chi connectivity index (χ2v) is 5.55. The third-order valence-corrected chi connectivity index (χ3v) is 3.91. The van der Waals surface area contributed by atoms with Crippen LogP contribution in [0.3, 0.4) is 0 Å². The van der Waals surface area contributed by atoms with Crippen molar-refractivity contribution in [2.45, 2.75) is 6.92 Å². The fourth-order valence-corrected chi connectivity index (χ4v) is 2.78. The maximum atomic E-state index is 12.7. The summed E-state index contributed by atoms with van der Waals surface area (Å²) in [5.74, 6) is 0. The van der Waals surface area contributed by atoms with Gasteiger partial charge in [0.2, 0.25) is 5.28 Å². The highest BCUT2D eigenvalue weighted by Crippen LogP contribution is 2.22. The van der Waals surface area contributed by atoms with E-state index in [0.29, 0.717) is 21.7 Å². The number of para-hydroxylation sites is 1. The zero-order valence-corrected chi connectivity index (χ0v) is 13.3. The van der Waals surface area contributed by atoms with Gasteiger partial charge in [-0.2, -0.15) is 4.98 Å². The van der Waals surface area contributed by atoms with E-state index >= 15 is 0 Å². The van der Waals surface area contributed by atoms with E-state index in [0.717, 1.165) is 5.56 Å². The van der Waals surface area contributed by atoms with E-state index < -0.39 is 5.69 Å². The van der Waals surface area contributed by atoms with E-state index in [9.17, 15) is 4.79 Å². The molecule has 0 amide bonds. The molecule has 6 nitrogen and oxygen atoms in total. The molecule has 3 aromatic rings. The van der Waals surface area contributed by atoms with Crippen molar-refractivity contribution in [2.24, 2.45) is 7.05 Å². The van der Waals surface area contributed by atoms with Crippen molar-refractivity contribution in [1.82, 2.24) is 19.1 Å². The summed E-state index contributed by atoms with van der Waals surface area (Å²) in [6.07, 6.45) is 1.43. The van der Waals surface area contributed by atoms with Gasteiger partial charge in [0.15, 0.2) is 5.65 Å². The number of benzene rings is 1. The first-order valence-electron chi connectivity index (χ1n) is 6.36. The molecule has 0 aliphatic rings. The van der Waals surface area contributed by atoms with Gasteiger partial charge in [-0.25, -0.2) is 14.3 Å². The molecule has 0 unspecified atom stereocenters. The highest BCUT2D eigenvalue weighted by molar-refractivity contribution is 6.32. The van der Waals surface area contributed by atoms with Crippen LogP contribution in [-0.4, -0.2) is 19.1 Å².